The van der Waals surface area contributed by atoms with Gasteiger partial charge in [-0.05, 0) is 35.9 Å². The van der Waals surface area contributed by atoms with Gasteiger partial charge in [0.2, 0.25) is 5.91 Å². The minimum Gasteiger partial charge on any atom is -0.467 e. The maximum Gasteiger partial charge on any atom is 0.262 e. The summed E-state index contributed by atoms with van der Waals surface area (Å²) in [7, 11) is 0. The predicted octanol–water partition coefficient (Wildman–Crippen LogP) is 5.44. The first kappa shape index (κ1) is 21.7. The van der Waals surface area contributed by atoms with Crippen LogP contribution in [0.4, 0.5) is 5.69 Å². The van der Waals surface area contributed by atoms with E-state index in [0.717, 1.165) is 16.8 Å². The predicted molar refractivity (Wildman–Crippen MR) is 135 cm³/mol. The minimum atomic E-state index is -0.180. The van der Waals surface area contributed by atoms with Crippen LogP contribution in [0, 0.1) is 0 Å². The number of amides is 1. The van der Waals surface area contributed by atoms with Gasteiger partial charge in [0.1, 0.15) is 5.76 Å². The number of hydrogen-bond donors (Lipinski definition) is 1. The van der Waals surface area contributed by atoms with Crippen molar-refractivity contribution < 1.29 is 9.21 Å². The van der Waals surface area contributed by atoms with Crippen LogP contribution in [0.1, 0.15) is 5.76 Å². The summed E-state index contributed by atoms with van der Waals surface area (Å²) in [5, 5.41) is 3.99. The molecule has 0 aliphatic carbocycles. The lowest BCUT2D eigenvalue weighted by molar-refractivity contribution is -0.113. The number of carbonyl (C=O) groups is 1. The summed E-state index contributed by atoms with van der Waals surface area (Å²) < 4.78 is 7.00. The normalized spacial score (nSPS) is 10.9. The maximum absolute atomic E-state index is 13.2. The Kier molecular flexibility index (Phi) is 6.27. The van der Waals surface area contributed by atoms with E-state index in [4.69, 9.17) is 4.42 Å². The molecule has 5 aromatic rings. The molecular formula is C27H21N3O3S. The number of furan rings is 1. The first-order chi connectivity index (χ1) is 16.7. The van der Waals surface area contributed by atoms with Gasteiger partial charge in [-0.1, -0.05) is 72.4 Å². The quantitative estimate of drug-likeness (QED) is 0.255. The fourth-order valence-electron chi connectivity index (χ4n) is 3.73. The maximum atomic E-state index is 13.2. The lowest BCUT2D eigenvalue weighted by Gasteiger charge is -2.13. The van der Waals surface area contributed by atoms with E-state index >= 15 is 0 Å². The van der Waals surface area contributed by atoms with Crippen LogP contribution in [-0.2, 0) is 11.3 Å². The van der Waals surface area contributed by atoms with E-state index in [0.29, 0.717) is 21.8 Å². The van der Waals surface area contributed by atoms with Crippen LogP contribution in [0.3, 0.4) is 0 Å². The summed E-state index contributed by atoms with van der Waals surface area (Å²) in [5.41, 5.74) is 3.13. The summed E-state index contributed by atoms with van der Waals surface area (Å²) in [6.45, 7) is 0.241. The number of anilines is 1. The van der Waals surface area contributed by atoms with Gasteiger partial charge in [-0.2, -0.15) is 0 Å². The van der Waals surface area contributed by atoms with E-state index < -0.39 is 0 Å². The molecule has 2 aromatic heterocycles. The Morgan fingerprint density at radius 1 is 0.912 bits per heavy atom. The van der Waals surface area contributed by atoms with Gasteiger partial charge in [0.15, 0.2) is 5.16 Å². The molecule has 168 valence electrons. The van der Waals surface area contributed by atoms with Crippen molar-refractivity contribution in [3.05, 3.63) is 113 Å². The highest BCUT2D eigenvalue weighted by atomic mass is 32.2. The van der Waals surface area contributed by atoms with Crippen molar-refractivity contribution in [3.63, 3.8) is 0 Å². The molecular weight excluding hydrogens is 446 g/mol. The topological polar surface area (TPSA) is 77.1 Å². The van der Waals surface area contributed by atoms with Gasteiger partial charge in [-0.15, -0.1) is 0 Å². The number of hydrogen-bond acceptors (Lipinski definition) is 5. The summed E-state index contributed by atoms with van der Waals surface area (Å²) in [6.07, 6.45) is 1.57. The monoisotopic (exact) mass is 467 g/mol. The van der Waals surface area contributed by atoms with Crippen LogP contribution in [0.15, 0.2) is 112 Å². The fraction of sp³-hybridized carbons (Fsp3) is 0.0741. The molecule has 0 aliphatic rings. The molecule has 0 radical (unpaired) electrons. The smallest absolute Gasteiger partial charge is 0.262 e. The Morgan fingerprint density at radius 3 is 2.50 bits per heavy atom. The molecule has 0 unspecified atom stereocenters. The van der Waals surface area contributed by atoms with Crippen molar-refractivity contribution >= 4 is 34.3 Å². The summed E-state index contributed by atoms with van der Waals surface area (Å²) in [6, 6.07) is 28.4. The lowest BCUT2D eigenvalue weighted by Crippen LogP contribution is -2.24. The molecule has 6 nitrogen and oxygen atoms in total. The Bertz CT molecular complexity index is 1500. The number of carbonyl (C=O) groups excluding carboxylic acids is 1. The van der Waals surface area contributed by atoms with Crippen LogP contribution >= 0.6 is 11.8 Å². The molecule has 2 heterocycles. The molecule has 0 spiro atoms. The van der Waals surface area contributed by atoms with E-state index in [9.17, 15) is 9.59 Å². The zero-order valence-corrected chi connectivity index (χ0v) is 19.0. The summed E-state index contributed by atoms with van der Waals surface area (Å²) in [4.78, 5) is 30.7. The second-order valence-corrected chi connectivity index (χ2v) is 8.57. The largest absolute Gasteiger partial charge is 0.467 e. The van der Waals surface area contributed by atoms with E-state index in [2.05, 4.69) is 10.3 Å². The Balaban J connectivity index is 1.39. The molecule has 0 aliphatic heterocycles. The average molecular weight is 468 g/mol. The van der Waals surface area contributed by atoms with Gasteiger partial charge >= 0.3 is 0 Å². The molecule has 1 amide bonds. The third-order valence-corrected chi connectivity index (χ3v) is 6.32. The highest BCUT2D eigenvalue weighted by molar-refractivity contribution is 7.99. The van der Waals surface area contributed by atoms with Crippen LogP contribution in [0.25, 0.3) is 22.0 Å². The number of fused-ring (bicyclic) bond motifs is 1. The van der Waals surface area contributed by atoms with Gasteiger partial charge in [0.25, 0.3) is 5.56 Å². The van der Waals surface area contributed by atoms with Crippen LogP contribution < -0.4 is 10.9 Å². The van der Waals surface area contributed by atoms with E-state index in [1.807, 2.05) is 72.8 Å². The van der Waals surface area contributed by atoms with Crippen molar-refractivity contribution in [2.75, 3.05) is 11.1 Å². The zero-order valence-electron chi connectivity index (χ0n) is 18.2. The molecule has 7 heteroatoms. The lowest BCUT2D eigenvalue weighted by atomic mass is 10.0. The van der Waals surface area contributed by atoms with Gasteiger partial charge < -0.3 is 9.73 Å². The Hall–Kier alpha value is -4.10. The molecule has 1 N–H and O–H groups in total. The highest BCUT2D eigenvalue weighted by Crippen LogP contribution is 2.28. The fourth-order valence-corrected chi connectivity index (χ4v) is 4.53. The van der Waals surface area contributed by atoms with E-state index in [-0.39, 0.29) is 23.8 Å². The van der Waals surface area contributed by atoms with Crippen LogP contribution in [0.5, 0.6) is 0 Å². The molecule has 0 atom stereocenters. The number of benzene rings is 3. The van der Waals surface area contributed by atoms with Crippen molar-refractivity contribution in [2.24, 2.45) is 0 Å². The molecule has 0 saturated heterocycles. The van der Waals surface area contributed by atoms with Crippen molar-refractivity contribution in [2.45, 2.75) is 11.7 Å². The first-order valence-electron chi connectivity index (χ1n) is 10.8. The van der Waals surface area contributed by atoms with E-state index in [1.54, 1.807) is 29.0 Å². The molecule has 0 fully saturated rings. The summed E-state index contributed by atoms with van der Waals surface area (Å²) in [5.74, 6) is 0.564. The van der Waals surface area contributed by atoms with Crippen LogP contribution in [0.2, 0.25) is 0 Å². The molecule has 3 aromatic carbocycles. The van der Waals surface area contributed by atoms with Gasteiger partial charge in [0.05, 0.1) is 29.5 Å². The van der Waals surface area contributed by atoms with Gasteiger partial charge in [-0.25, -0.2) is 4.98 Å². The number of aromatic nitrogens is 2. The molecule has 5 rings (SSSR count). The second kappa shape index (κ2) is 9.80. The third-order valence-electron chi connectivity index (χ3n) is 5.34. The number of para-hydroxylation sites is 2. The Morgan fingerprint density at radius 2 is 1.68 bits per heavy atom. The van der Waals surface area contributed by atoms with Crippen molar-refractivity contribution in [3.8, 4) is 11.1 Å². The summed E-state index contributed by atoms with van der Waals surface area (Å²) >= 11 is 1.23. The zero-order chi connectivity index (χ0) is 23.3. The van der Waals surface area contributed by atoms with Gasteiger partial charge in [0, 0.05) is 11.3 Å². The number of nitrogens with zero attached hydrogens (tertiary/aromatic N) is 2. The van der Waals surface area contributed by atoms with E-state index in [1.165, 1.54) is 11.8 Å². The number of thioether (sulfide) groups is 1. The van der Waals surface area contributed by atoms with Crippen LogP contribution in [-0.4, -0.2) is 21.2 Å². The second-order valence-electron chi connectivity index (χ2n) is 7.63. The van der Waals surface area contributed by atoms with Crippen molar-refractivity contribution in [1.82, 2.24) is 9.55 Å². The third kappa shape index (κ3) is 4.65. The minimum absolute atomic E-state index is 0.103. The van der Waals surface area contributed by atoms with Gasteiger partial charge in [-0.3, -0.25) is 14.2 Å². The average Bonchev–Trinajstić information content (AvgIpc) is 3.39. The standard InChI is InChI=1S/C27H21N3O3S/c31-25(28-23-14-6-4-12-21(23)19-9-2-1-3-10-19)18-34-27-29-24-15-7-5-13-22(24)26(32)30(27)17-20-11-8-16-33-20/h1-16H,17-18H2,(H,28,31). The highest BCUT2D eigenvalue weighted by Gasteiger charge is 2.15. The number of nitrogens with one attached hydrogen (secondary N) is 1. The van der Waals surface area contributed by atoms with Crippen molar-refractivity contribution in [1.29, 1.82) is 0 Å². The molecule has 0 bridgehead atoms. The molecule has 0 saturated carbocycles. The first-order valence-corrected chi connectivity index (χ1v) is 11.8. The Labute approximate surface area is 200 Å². The SMILES string of the molecule is O=C(CSc1nc2ccccc2c(=O)n1Cc1ccco1)Nc1ccccc1-c1ccccc1. The molecule has 34 heavy (non-hydrogen) atoms. The number of rotatable bonds is 7.